The molecular weight excluding hydrogens is 220 g/mol. The molecule has 2 aliphatic heterocycles. The van der Waals surface area contributed by atoms with Gasteiger partial charge in [-0.05, 0) is 0 Å². The molecule has 0 aromatic rings. The van der Waals surface area contributed by atoms with Crippen molar-refractivity contribution in [1.82, 2.24) is 0 Å². The van der Waals surface area contributed by atoms with Crippen molar-refractivity contribution in [2.75, 3.05) is 0 Å². The molecule has 0 aromatic heterocycles. The van der Waals surface area contributed by atoms with E-state index in [4.69, 9.17) is 0 Å². The second kappa shape index (κ2) is 5.64. The maximum atomic E-state index is 4.24. The van der Waals surface area contributed by atoms with E-state index >= 15 is 0 Å². The second-order valence-corrected chi connectivity index (χ2v) is 6.80. The molecule has 0 aromatic carbocycles. The fraction of sp³-hybridized carbons (Fsp3) is 0.625. The lowest BCUT2D eigenvalue weighted by molar-refractivity contribution is 0.500. The summed E-state index contributed by atoms with van der Waals surface area (Å²) in [6.07, 6.45) is 10.2. The van der Waals surface area contributed by atoms with E-state index in [1.807, 2.05) is 12.4 Å². The predicted octanol–water partition coefficient (Wildman–Crippen LogP) is 4.78. The molecule has 0 bridgehead atoms. The molecule has 0 saturated heterocycles. The maximum Gasteiger partial charge on any atom is 0.0417 e. The smallest absolute Gasteiger partial charge is 0.0417 e. The summed E-state index contributed by atoms with van der Waals surface area (Å²) in [4.78, 5) is 8.49. The van der Waals surface area contributed by atoms with Crippen LogP contribution in [0.2, 0.25) is 0 Å². The van der Waals surface area contributed by atoms with Crippen molar-refractivity contribution >= 4 is 11.9 Å². The fourth-order valence-corrected chi connectivity index (χ4v) is 1.73. The van der Waals surface area contributed by atoms with Gasteiger partial charge in [-0.15, -0.1) is 0 Å². The van der Waals surface area contributed by atoms with Gasteiger partial charge in [0, 0.05) is 47.5 Å². The van der Waals surface area contributed by atoms with Gasteiger partial charge in [0.1, 0.15) is 0 Å². The Hall–Kier alpha value is -1.18. The number of aliphatic imine (C=N–C) groups is 2. The van der Waals surface area contributed by atoms with E-state index in [9.17, 15) is 0 Å². The van der Waals surface area contributed by atoms with E-state index < -0.39 is 0 Å². The molecule has 2 heterocycles. The molecule has 2 heteroatoms. The summed E-state index contributed by atoms with van der Waals surface area (Å²) in [5.74, 6) is 0. The molecule has 0 fully saturated rings. The average molecular weight is 246 g/mol. The quantitative estimate of drug-likeness (QED) is 0.587. The van der Waals surface area contributed by atoms with Gasteiger partial charge in [0.2, 0.25) is 0 Å². The third kappa shape index (κ3) is 4.59. The molecule has 2 aliphatic rings. The largest absolute Gasteiger partial charge is 0.265 e. The Morgan fingerprint density at radius 1 is 1.00 bits per heavy atom. The van der Waals surface area contributed by atoms with Gasteiger partial charge in [-0.1, -0.05) is 53.7 Å². The van der Waals surface area contributed by atoms with E-state index in [2.05, 4.69) is 63.7 Å². The van der Waals surface area contributed by atoms with Crippen LogP contribution in [0.1, 0.15) is 54.4 Å². The van der Waals surface area contributed by atoms with Crippen molar-refractivity contribution in [2.24, 2.45) is 20.8 Å². The SMILES string of the molecule is CC(C)(C)C1=CCC=N1.CC(C)(C)C1=NC=CC1. The summed E-state index contributed by atoms with van der Waals surface area (Å²) in [5.41, 5.74) is 3.03. The highest BCUT2D eigenvalue weighted by Crippen LogP contribution is 2.28. The molecular formula is C16H26N2. The number of hydrogen-bond acceptors (Lipinski definition) is 2. The molecule has 0 radical (unpaired) electrons. The molecule has 0 amide bonds. The van der Waals surface area contributed by atoms with Crippen LogP contribution in [0, 0.1) is 10.8 Å². The average Bonchev–Trinajstić information content (AvgIpc) is 2.91. The van der Waals surface area contributed by atoms with Crippen LogP contribution < -0.4 is 0 Å². The summed E-state index contributed by atoms with van der Waals surface area (Å²) in [7, 11) is 0. The zero-order chi connectivity index (χ0) is 13.8. The van der Waals surface area contributed by atoms with Gasteiger partial charge >= 0.3 is 0 Å². The molecule has 0 N–H and O–H groups in total. The zero-order valence-electron chi connectivity index (χ0n) is 12.6. The Morgan fingerprint density at radius 3 is 1.89 bits per heavy atom. The topological polar surface area (TPSA) is 24.7 Å². The third-order valence-corrected chi connectivity index (χ3v) is 2.93. The lowest BCUT2D eigenvalue weighted by Gasteiger charge is -2.17. The van der Waals surface area contributed by atoms with Crippen LogP contribution in [0.5, 0.6) is 0 Å². The minimum atomic E-state index is 0.243. The highest BCUT2D eigenvalue weighted by Gasteiger charge is 2.18. The molecule has 0 spiro atoms. The van der Waals surface area contributed by atoms with Gasteiger partial charge in [-0.25, -0.2) is 0 Å². The van der Waals surface area contributed by atoms with Gasteiger partial charge in [-0.2, -0.15) is 0 Å². The van der Waals surface area contributed by atoms with Crippen molar-refractivity contribution in [1.29, 1.82) is 0 Å². The van der Waals surface area contributed by atoms with Crippen molar-refractivity contribution in [2.45, 2.75) is 54.4 Å². The van der Waals surface area contributed by atoms with Crippen LogP contribution in [0.3, 0.4) is 0 Å². The summed E-state index contributed by atoms with van der Waals surface area (Å²) >= 11 is 0. The Kier molecular flexibility index (Phi) is 4.66. The standard InChI is InChI=1S/2C8H13N/c2*1-8(2,3)7-5-4-6-9-7/h5-6H,4H2,1-3H3;4,6H,5H2,1-3H3. The summed E-state index contributed by atoms with van der Waals surface area (Å²) < 4.78 is 0. The van der Waals surface area contributed by atoms with Gasteiger partial charge in [-0.3, -0.25) is 9.98 Å². The van der Waals surface area contributed by atoms with Crippen LogP contribution in [-0.4, -0.2) is 11.9 Å². The van der Waals surface area contributed by atoms with Crippen LogP contribution >= 0.6 is 0 Å². The van der Waals surface area contributed by atoms with Gasteiger partial charge in [0.05, 0.1) is 0 Å². The maximum absolute atomic E-state index is 4.24. The first-order chi connectivity index (χ1) is 8.21. The summed E-state index contributed by atoms with van der Waals surface area (Å²) in [6.45, 7) is 13.1. The minimum Gasteiger partial charge on any atom is -0.265 e. The molecule has 18 heavy (non-hydrogen) atoms. The van der Waals surface area contributed by atoms with Crippen molar-refractivity contribution in [3.63, 3.8) is 0 Å². The first-order valence-electron chi connectivity index (χ1n) is 6.66. The third-order valence-electron chi connectivity index (χ3n) is 2.93. The second-order valence-electron chi connectivity index (χ2n) is 6.80. The van der Waals surface area contributed by atoms with E-state index in [1.165, 1.54) is 11.4 Å². The molecule has 0 atom stereocenters. The van der Waals surface area contributed by atoms with Gasteiger partial charge < -0.3 is 0 Å². The van der Waals surface area contributed by atoms with Gasteiger partial charge in [0.25, 0.3) is 0 Å². The van der Waals surface area contributed by atoms with Crippen LogP contribution in [0.25, 0.3) is 0 Å². The lowest BCUT2D eigenvalue weighted by atomic mass is 9.89. The van der Waals surface area contributed by atoms with Crippen molar-refractivity contribution < 1.29 is 0 Å². The number of hydrogen-bond donors (Lipinski definition) is 0. The van der Waals surface area contributed by atoms with E-state index in [1.54, 1.807) is 0 Å². The van der Waals surface area contributed by atoms with Crippen molar-refractivity contribution in [3.05, 3.63) is 24.0 Å². The summed E-state index contributed by atoms with van der Waals surface area (Å²) in [6, 6.07) is 0. The highest BCUT2D eigenvalue weighted by molar-refractivity contribution is 5.92. The Bertz CT molecular complexity index is 396. The van der Waals surface area contributed by atoms with Crippen LogP contribution in [-0.2, 0) is 0 Å². The monoisotopic (exact) mass is 246 g/mol. The Morgan fingerprint density at radius 2 is 1.67 bits per heavy atom. The summed E-state index contributed by atoms with van der Waals surface area (Å²) in [5, 5.41) is 0. The fourth-order valence-electron chi connectivity index (χ4n) is 1.73. The molecule has 0 aliphatic carbocycles. The number of nitrogens with zero attached hydrogens (tertiary/aromatic N) is 2. The van der Waals surface area contributed by atoms with E-state index in [-0.39, 0.29) is 10.8 Å². The Labute approximate surface area is 112 Å². The molecule has 2 nitrogen and oxygen atoms in total. The lowest BCUT2D eigenvalue weighted by Crippen LogP contribution is -2.17. The number of rotatable bonds is 0. The first-order valence-corrected chi connectivity index (χ1v) is 6.66. The first kappa shape index (κ1) is 14.9. The highest BCUT2D eigenvalue weighted by atomic mass is 14.8. The normalized spacial score (nSPS) is 18.3. The van der Waals surface area contributed by atoms with Crippen LogP contribution in [0.15, 0.2) is 34.0 Å². The van der Waals surface area contributed by atoms with Gasteiger partial charge in [0.15, 0.2) is 0 Å². The molecule has 0 saturated carbocycles. The Balaban J connectivity index is 0.000000180. The molecule has 0 unspecified atom stereocenters. The predicted molar refractivity (Wildman–Crippen MR) is 81.3 cm³/mol. The van der Waals surface area contributed by atoms with Crippen molar-refractivity contribution in [3.8, 4) is 0 Å². The van der Waals surface area contributed by atoms with E-state index in [0.29, 0.717) is 0 Å². The number of allylic oxidation sites excluding steroid dienone is 3. The van der Waals surface area contributed by atoms with E-state index in [0.717, 1.165) is 12.8 Å². The molecule has 100 valence electrons. The zero-order valence-corrected chi connectivity index (χ0v) is 12.6. The molecule has 2 rings (SSSR count). The minimum absolute atomic E-state index is 0.243. The van der Waals surface area contributed by atoms with Crippen LogP contribution in [0.4, 0.5) is 0 Å².